The Morgan fingerprint density at radius 2 is 1.76 bits per heavy atom. The van der Waals surface area contributed by atoms with Crippen LogP contribution in [0, 0.1) is 46.3 Å². The summed E-state index contributed by atoms with van der Waals surface area (Å²) >= 11 is 0. The Kier molecular flexibility index (Phi) is 6.01. The molecule has 0 saturated heterocycles. The molecule has 0 aliphatic heterocycles. The molecule has 9 atom stereocenters. The smallest absolute Gasteiger partial charge is 0.0577 e. The number of rotatable bonds is 5. The molecule has 1 unspecified atom stereocenters. The van der Waals surface area contributed by atoms with Crippen LogP contribution in [0.3, 0.4) is 0 Å². The van der Waals surface area contributed by atoms with E-state index in [2.05, 4.69) is 40.7 Å². The standard InChI is InChI=1S/C27H46O2/c1-17(2)25(29)11-6-18(3)22-9-10-23-21-8-7-19-16-20(28)12-14-26(19,4)24(21)13-15-27(22,23)5/h7,17-18,20-25,28-29H,6,8-16H2,1-5H3/t18-,20+,21?,22-,23+,24+,25-,26+,27-/m1/s1. The zero-order valence-electron chi connectivity index (χ0n) is 19.7. The van der Waals surface area contributed by atoms with Gasteiger partial charge in [0.15, 0.2) is 0 Å². The molecule has 0 aromatic rings. The molecule has 166 valence electrons. The third-order valence-corrected chi connectivity index (χ3v) is 10.5. The van der Waals surface area contributed by atoms with Gasteiger partial charge in [0, 0.05) is 0 Å². The second kappa shape index (κ2) is 7.97. The number of aliphatic hydroxyl groups is 2. The molecule has 0 heterocycles. The average molecular weight is 403 g/mol. The van der Waals surface area contributed by atoms with Crippen LogP contribution in [0.4, 0.5) is 0 Å². The van der Waals surface area contributed by atoms with E-state index in [9.17, 15) is 10.2 Å². The summed E-state index contributed by atoms with van der Waals surface area (Å²) in [7, 11) is 0. The predicted octanol–water partition coefficient (Wildman–Crippen LogP) is 6.36. The summed E-state index contributed by atoms with van der Waals surface area (Å²) in [5.41, 5.74) is 2.44. The van der Waals surface area contributed by atoms with Crippen molar-refractivity contribution in [1.29, 1.82) is 0 Å². The SMILES string of the molecule is CC(C)[C@H](O)CC[C@@H](C)[C@H]1CC[C@H]2C3CC=C4C[C@@H](O)CC[C@]4(C)[C@H]3CC[C@]12C. The average Bonchev–Trinajstić information content (AvgIpc) is 3.03. The first-order valence-electron chi connectivity index (χ1n) is 12.7. The van der Waals surface area contributed by atoms with Gasteiger partial charge in [-0.05, 0) is 111 Å². The lowest BCUT2D eigenvalue weighted by atomic mass is 9.47. The van der Waals surface area contributed by atoms with Crippen molar-refractivity contribution in [3.63, 3.8) is 0 Å². The number of hydrogen-bond donors (Lipinski definition) is 2. The second-order valence-electron chi connectivity index (χ2n) is 12.3. The summed E-state index contributed by atoms with van der Waals surface area (Å²) in [4.78, 5) is 0. The highest BCUT2D eigenvalue weighted by Crippen LogP contribution is 2.67. The third-order valence-electron chi connectivity index (χ3n) is 10.5. The van der Waals surface area contributed by atoms with Crippen molar-refractivity contribution in [2.75, 3.05) is 0 Å². The van der Waals surface area contributed by atoms with Crippen molar-refractivity contribution in [1.82, 2.24) is 0 Å². The molecule has 29 heavy (non-hydrogen) atoms. The summed E-state index contributed by atoms with van der Waals surface area (Å²) < 4.78 is 0. The van der Waals surface area contributed by atoms with E-state index in [1.54, 1.807) is 5.57 Å². The molecule has 2 nitrogen and oxygen atoms in total. The van der Waals surface area contributed by atoms with E-state index in [4.69, 9.17) is 0 Å². The van der Waals surface area contributed by atoms with E-state index in [-0.39, 0.29) is 12.2 Å². The normalized spacial score (nSPS) is 46.5. The topological polar surface area (TPSA) is 40.5 Å². The van der Waals surface area contributed by atoms with Gasteiger partial charge in [0.2, 0.25) is 0 Å². The summed E-state index contributed by atoms with van der Waals surface area (Å²) in [6.45, 7) is 11.9. The highest BCUT2D eigenvalue weighted by atomic mass is 16.3. The molecule has 0 amide bonds. The second-order valence-corrected chi connectivity index (χ2v) is 12.3. The highest BCUT2D eigenvalue weighted by molar-refractivity contribution is 5.25. The Hall–Kier alpha value is -0.340. The first kappa shape index (κ1) is 21.9. The molecule has 0 radical (unpaired) electrons. The molecule has 0 bridgehead atoms. The molecule has 0 aromatic heterocycles. The molecule has 2 N–H and O–H groups in total. The van der Waals surface area contributed by atoms with Gasteiger partial charge >= 0.3 is 0 Å². The van der Waals surface area contributed by atoms with E-state index in [1.165, 1.54) is 44.9 Å². The summed E-state index contributed by atoms with van der Waals surface area (Å²) in [5.74, 6) is 4.51. The molecule has 0 spiro atoms. The van der Waals surface area contributed by atoms with Gasteiger partial charge in [0.05, 0.1) is 12.2 Å². The van der Waals surface area contributed by atoms with Gasteiger partial charge in [-0.25, -0.2) is 0 Å². The summed E-state index contributed by atoms with van der Waals surface area (Å²) in [5, 5.41) is 20.5. The number of fused-ring (bicyclic) bond motifs is 5. The van der Waals surface area contributed by atoms with Crippen LogP contribution in [0.5, 0.6) is 0 Å². The predicted molar refractivity (Wildman–Crippen MR) is 120 cm³/mol. The molecular formula is C27H46O2. The molecule has 4 rings (SSSR count). The van der Waals surface area contributed by atoms with Gasteiger partial charge in [-0.3, -0.25) is 0 Å². The van der Waals surface area contributed by atoms with Crippen LogP contribution >= 0.6 is 0 Å². The molecule has 3 saturated carbocycles. The minimum absolute atomic E-state index is 0.0994. The summed E-state index contributed by atoms with van der Waals surface area (Å²) in [6, 6.07) is 0. The van der Waals surface area contributed by atoms with E-state index in [0.717, 1.165) is 48.9 Å². The first-order chi connectivity index (χ1) is 13.7. The lowest BCUT2D eigenvalue weighted by Gasteiger charge is -2.58. The van der Waals surface area contributed by atoms with Crippen molar-refractivity contribution in [3.05, 3.63) is 11.6 Å². The molecule has 3 fully saturated rings. The van der Waals surface area contributed by atoms with Crippen LogP contribution in [0.15, 0.2) is 11.6 Å². The quantitative estimate of drug-likeness (QED) is 0.525. The van der Waals surface area contributed by atoms with Gasteiger partial charge in [-0.15, -0.1) is 0 Å². The summed E-state index contributed by atoms with van der Waals surface area (Å²) in [6.07, 6.45) is 14.4. The van der Waals surface area contributed by atoms with Crippen LogP contribution in [-0.4, -0.2) is 22.4 Å². The Labute approximate surface area is 179 Å². The van der Waals surface area contributed by atoms with E-state index in [0.29, 0.717) is 16.7 Å². The van der Waals surface area contributed by atoms with Gasteiger partial charge in [0.1, 0.15) is 0 Å². The number of hydrogen-bond acceptors (Lipinski definition) is 2. The van der Waals surface area contributed by atoms with Gasteiger partial charge in [-0.2, -0.15) is 0 Å². The first-order valence-corrected chi connectivity index (χ1v) is 12.7. The maximum absolute atomic E-state index is 10.3. The van der Waals surface area contributed by atoms with Crippen LogP contribution in [0.2, 0.25) is 0 Å². The van der Waals surface area contributed by atoms with Gasteiger partial charge < -0.3 is 10.2 Å². The van der Waals surface area contributed by atoms with Crippen molar-refractivity contribution in [2.45, 2.75) is 111 Å². The zero-order valence-corrected chi connectivity index (χ0v) is 19.7. The fourth-order valence-corrected chi connectivity index (χ4v) is 8.59. The van der Waals surface area contributed by atoms with Gasteiger partial charge in [0.25, 0.3) is 0 Å². The minimum atomic E-state index is -0.137. The number of allylic oxidation sites excluding steroid dienone is 1. The fourth-order valence-electron chi connectivity index (χ4n) is 8.59. The monoisotopic (exact) mass is 402 g/mol. The molecule has 4 aliphatic carbocycles. The Balaban J connectivity index is 1.49. The van der Waals surface area contributed by atoms with Gasteiger partial charge in [-0.1, -0.05) is 46.3 Å². The van der Waals surface area contributed by atoms with Crippen molar-refractivity contribution >= 4 is 0 Å². The van der Waals surface area contributed by atoms with E-state index in [1.807, 2.05) is 0 Å². The van der Waals surface area contributed by atoms with E-state index >= 15 is 0 Å². The number of aliphatic hydroxyl groups excluding tert-OH is 2. The van der Waals surface area contributed by atoms with Crippen LogP contribution in [0.1, 0.15) is 98.8 Å². The fraction of sp³-hybridized carbons (Fsp3) is 0.926. The van der Waals surface area contributed by atoms with E-state index < -0.39 is 0 Å². The maximum Gasteiger partial charge on any atom is 0.0577 e. The molecular weight excluding hydrogens is 356 g/mol. The van der Waals surface area contributed by atoms with Crippen molar-refractivity contribution in [2.24, 2.45) is 46.3 Å². The minimum Gasteiger partial charge on any atom is -0.393 e. The van der Waals surface area contributed by atoms with Crippen LogP contribution < -0.4 is 0 Å². The lowest BCUT2D eigenvalue weighted by molar-refractivity contribution is -0.0579. The van der Waals surface area contributed by atoms with Crippen LogP contribution in [-0.2, 0) is 0 Å². The molecule has 2 heteroatoms. The zero-order chi connectivity index (χ0) is 21.0. The molecule has 4 aliphatic rings. The lowest BCUT2D eigenvalue weighted by Crippen LogP contribution is -2.50. The Morgan fingerprint density at radius 3 is 2.48 bits per heavy atom. The third kappa shape index (κ3) is 3.65. The highest BCUT2D eigenvalue weighted by Gasteiger charge is 2.59. The van der Waals surface area contributed by atoms with Crippen LogP contribution in [0.25, 0.3) is 0 Å². The maximum atomic E-state index is 10.3. The Bertz CT molecular complexity index is 624. The molecule has 0 aromatic carbocycles. The van der Waals surface area contributed by atoms with Crippen molar-refractivity contribution < 1.29 is 10.2 Å². The van der Waals surface area contributed by atoms with Crippen molar-refractivity contribution in [3.8, 4) is 0 Å². The Morgan fingerprint density at radius 1 is 1.00 bits per heavy atom. The largest absolute Gasteiger partial charge is 0.393 e.